The van der Waals surface area contributed by atoms with Gasteiger partial charge in [-0.1, -0.05) is 6.07 Å². The summed E-state index contributed by atoms with van der Waals surface area (Å²) in [6.07, 6.45) is 2.46. The third kappa shape index (κ3) is 4.28. The first kappa shape index (κ1) is 18.9. The number of nitrogens with one attached hydrogen (secondary N) is 1. The Hall–Kier alpha value is -1.84. The number of methoxy groups -OCH3 is 1. The van der Waals surface area contributed by atoms with Gasteiger partial charge in [0.25, 0.3) is 10.2 Å². The molecule has 0 unspecified atom stereocenters. The van der Waals surface area contributed by atoms with Gasteiger partial charge in [0, 0.05) is 51.0 Å². The molecule has 2 fully saturated rings. The zero-order chi connectivity index (χ0) is 18.6. The maximum Gasteiger partial charge on any atom is 0.321 e. The van der Waals surface area contributed by atoms with E-state index in [1.165, 1.54) is 4.31 Å². The number of rotatable bonds is 4. The van der Waals surface area contributed by atoms with Gasteiger partial charge in [-0.15, -0.1) is 0 Å². The van der Waals surface area contributed by atoms with Crippen LogP contribution in [0.3, 0.4) is 0 Å². The van der Waals surface area contributed by atoms with Crippen molar-refractivity contribution >= 4 is 21.9 Å². The molecule has 8 nitrogen and oxygen atoms in total. The average molecular weight is 382 g/mol. The number of hydrogen-bond acceptors (Lipinski definition) is 4. The molecule has 2 saturated heterocycles. The van der Waals surface area contributed by atoms with Crippen LogP contribution in [0.25, 0.3) is 0 Å². The van der Waals surface area contributed by atoms with Gasteiger partial charge >= 0.3 is 6.03 Å². The smallest absolute Gasteiger partial charge is 0.321 e. The lowest BCUT2D eigenvalue weighted by atomic mass is 10.3. The molecule has 0 spiro atoms. The second kappa shape index (κ2) is 8.24. The van der Waals surface area contributed by atoms with E-state index in [9.17, 15) is 13.2 Å². The van der Waals surface area contributed by atoms with Gasteiger partial charge in [0.1, 0.15) is 5.75 Å². The van der Waals surface area contributed by atoms with E-state index in [1.54, 1.807) is 34.5 Å². The molecule has 2 heterocycles. The fraction of sp³-hybridized carbons (Fsp3) is 0.588. The Labute approximate surface area is 154 Å². The van der Waals surface area contributed by atoms with Crippen LogP contribution in [0.1, 0.15) is 19.3 Å². The largest absolute Gasteiger partial charge is 0.497 e. The summed E-state index contributed by atoms with van der Waals surface area (Å²) in [4.78, 5) is 14.2. The molecule has 9 heteroatoms. The average Bonchev–Trinajstić information content (AvgIpc) is 3.07. The van der Waals surface area contributed by atoms with Crippen LogP contribution in [-0.2, 0) is 10.2 Å². The van der Waals surface area contributed by atoms with Gasteiger partial charge in [-0.25, -0.2) is 4.79 Å². The van der Waals surface area contributed by atoms with Crippen LogP contribution in [0.4, 0.5) is 10.5 Å². The van der Waals surface area contributed by atoms with Gasteiger partial charge in [-0.2, -0.15) is 17.0 Å². The first-order valence-electron chi connectivity index (χ1n) is 8.96. The summed E-state index contributed by atoms with van der Waals surface area (Å²) in [7, 11) is -1.84. The number of benzene rings is 1. The number of urea groups is 1. The molecule has 1 N–H and O–H groups in total. The van der Waals surface area contributed by atoms with E-state index >= 15 is 0 Å². The van der Waals surface area contributed by atoms with Crippen LogP contribution in [0.15, 0.2) is 24.3 Å². The molecule has 0 bridgehead atoms. The fourth-order valence-electron chi connectivity index (χ4n) is 3.31. The van der Waals surface area contributed by atoms with Crippen LogP contribution in [0, 0.1) is 0 Å². The number of carbonyl (C=O) groups excluding carboxylic acids is 1. The van der Waals surface area contributed by atoms with E-state index in [-0.39, 0.29) is 6.03 Å². The van der Waals surface area contributed by atoms with Crippen LogP contribution in [0.5, 0.6) is 5.75 Å². The van der Waals surface area contributed by atoms with Crippen molar-refractivity contribution in [2.24, 2.45) is 0 Å². The molecule has 3 rings (SSSR count). The predicted molar refractivity (Wildman–Crippen MR) is 99.5 cm³/mol. The summed E-state index contributed by atoms with van der Waals surface area (Å²) in [5.74, 6) is 0.668. The lowest BCUT2D eigenvalue weighted by Gasteiger charge is -2.26. The van der Waals surface area contributed by atoms with Crippen LogP contribution in [0.2, 0.25) is 0 Å². The normalized spacial score (nSPS) is 20.0. The SMILES string of the molecule is COc1cccc(NC(=O)N2CCCN(S(=O)(=O)N3CCCC3)CC2)c1. The first-order chi connectivity index (χ1) is 12.5. The molecule has 2 aliphatic rings. The Morgan fingerprint density at radius 2 is 1.69 bits per heavy atom. The van der Waals surface area contributed by atoms with Crippen LogP contribution < -0.4 is 10.1 Å². The lowest BCUT2D eigenvalue weighted by Crippen LogP contribution is -2.44. The summed E-state index contributed by atoms with van der Waals surface area (Å²) in [6, 6.07) is 6.94. The highest BCUT2D eigenvalue weighted by atomic mass is 32.2. The molecule has 26 heavy (non-hydrogen) atoms. The minimum Gasteiger partial charge on any atom is -0.497 e. The molecule has 0 saturated carbocycles. The van der Waals surface area contributed by atoms with Crippen LogP contribution >= 0.6 is 0 Å². The second-order valence-electron chi connectivity index (χ2n) is 6.52. The molecule has 0 atom stereocenters. The van der Waals surface area contributed by atoms with Crippen molar-refractivity contribution in [3.8, 4) is 5.75 Å². The first-order valence-corrected chi connectivity index (χ1v) is 10.4. The Balaban J connectivity index is 1.60. The topological polar surface area (TPSA) is 82.2 Å². The van der Waals surface area contributed by atoms with Gasteiger partial charge in [-0.3, -0.25) is 0 Å². The number of carbonyl (C=O) groups is 1. The Morgan fingerprint density at radius 1 is 1.00 bits per heavy atom. The maximum absolute atomic E-state index is 12.7. The van der Waals surface area contributed by atoms with E-state index in [0.29, 0.717) is 57.1 Å². The molecule has 0 aliphatic carbocycles. The standard InChI is InChI=1S/C17H26N4O4S/c1-25-16-7-4-6-15(14-16)18-17(22)19-8-5-11-21(13-12-19)26(23,24)20-9-2-3-10-20/h4,6-7,14H,2-3,5,8-13H2,1H3,(H,18,22). The van der Waals surface area contributed by atoms with Crippen molar-refractivity contribution in [2.45, 2.75) is 19.3 Å². The van der Waals surface area contributed by atoms with E-state index in [1.807, 2.05) is 6.07 Å². The molecule has 1 aromatic rings. The molecule has 2 aliphatic heterocycles. The molecule has 1 aromatic carbocycles. The van der Waals surface area contributed by atoms with Gasteiger partial charge in [0.05, 0.1) is 7.11 Å². The van der Waals surface area contributed by atoms with Crippen molar-refractivity contribution in [3.05, 3.63) is 24.3 Å². The monoisotopic (exact) mass is 382 g/mol. The number of nitrogens with zero attached hydrogens (tertiary/aromatic N) is 3. The number of amides is 2. The van der Waals surface area contributed by atoms with Crippen molar-refractivity contribution < 1.29 is 17.9 Å². The maximum atomic E-state index is 12.7. The fourth-order valence-corrected chi connectivity index (χ4v) is 5.03. The summed E-state index contributed by atoms with van der Waals surface area (Å²) in [5, 5.41) is 2.85. The third-order valence-electron chi connectivity index (χ3n) is 4.78. The summed E-state index contributed by atoms with van der Waals surface area (Å²) < 4.78 is 33.6. The van der Waals surface area contributed by atoms with Crippen molar-refractivity contribution in [3.63, 3.8) is 0 Å². The van der Waals surface area contributed by atoms with E-state index in [4.69, 9.17) is 4.74 Å². The van der Waals surface area contributed by atoms with E-state index < -0.39 is 10.2 Å². The van der Waals surface area contributed by atoms with Gasteiger partial charge in [0.15, 0.2) is 0 Å². The number of hydrogen-bond donors (Lipinski definition) is 1. The second-order valence-corrected chi connectivity index (χ2v) is 8.44. The van der Waals surface area contributed by atoms with Gasteiger partial charge in [-0.05, 0) is 31.4 Å². The Bertz CT molecular complexity index is 734. The molecular formula is C17H26N4O4S. The lowest BCUT2D eigenvalue weighted by molar-refractivity contribution is 0.214. The molecule has 2 amide bonds. The minimum atomic E-state index is -3.41. The van der Waals surface area contributed by atoms with Gasteiger partial charge < -0.3 is 15.0 Å². The molecule has 144 valence electrons. The zero-order valence-electron chi connectivity index (χ0n) is 15.1. The Morgan fingerprint density at radius 3 is 2.42 bits per heavy atom. The highest BCUT2D eigenvalue weighted by Gasteiger charge is 2.33. The van der Waals surface area contributed by atoms with Crippen molar-refractivity contribution in [2.75, 3.05) is 51.7 Å². The van der Waals surface area contributed by atoms with Crippen LogP contribution in [-0.4, -0.2) is 74.3 Å². The highest BCUT2D eigenvalue weighted by molar-refractivity contribution is 7.86. The van der Waals surface area contributed by atoms with Crippen molar-refractivity contribution in [1.29, 1.82) is 0 Å². The summed E-state index contributed by atoms with van der Waals surface area (Å²) in [6.45, 7) is 2.87. The quantitative estimate of drug-likeness (QED) is 0.857. The summed E-state index contributed by atoms with van der Waals surface area (Å²) in [5.41, 5.74) is 0.653. The predicted octanol–water partition coefficient (Wildman–Crippen LogP) is 1.58. The Kier molecular flexibility index (Phi) is 6.00. The highest BCUT2D eigenvalue weighted by Crippen LogP contribution is 2.20. The number of anilines is 1. The third-order valence-corrected chi connectivity index (χ3v) is 6.82. The van der Waals surface area contributed by atoms with E-state index in [0.717, 1.165) is 12.8 Å². The zero-order valence-corrected chi connectivity index (χ0v) is 15.9. The van der Waals surface area contributed by atoms with E-state index in [2.05, 4.69) is 5.32 Å². The molecular weight excluding hydrogens is 356 g/mol. The van der Waals surface area contributed by atoms with Gasteiger partial charge in [0.2, 0.25) is 0 Å². The number of ether oxygens (including phenoxy) is 1. The minimum absolute atomic E-state index is 0.223. The molecule has 0 aromatic heterocycles. The summed E-state index contributed by atoms with van der Waals surface area (Å²) >= 11 is 0. The molecule has 0 radical (unpaired) electrons. The van der Waals surface area contributed by atoms with Crippen molar-refractivity contribution in [1.82, 2.24) is 13.5 Å².